The van der Waals surface area contributed by atoms with Crippen LogP contribution in [-0.2, 0) is 0 Å². The van der Waals surface area contributed by atoms with Crippen molar-refractivity contribution < 1.29 is 13.3 Å². The van der Waals surface area contributed by atoms with Crippen LogP contribution in [0.1, 0.15) is 18.4 Å². The molecule has 1 unspecified atom stereocenters. The van der Waals surface area contributed by atoms with Crippen molar-refractivity contribution in [2.24, 2.45) is 0 Å². The van der Waals surface area contributed by atoms with Gasteiger partial charge in [-0.15, -0.1) is 0 Å². The summed E-state index contributed by atoms with van der Waals surface area (Å²) >= 11 is 0. The molecule has 1 atom stereocenters. The van der Waals surface area contributed by atoms with E-state index in [2.05, 4.69) is 15.5 Å². The second-order valence-electron chi connectivity index (χ2n) is 5.48. The van der Waals surface area contributed by atoms with E-state index in [9.17, 15) is 8.78 Å². The van der Waals surface area contributed by atoms with Crippen molar-refractivity contribution in [2.45, 2.75) is 18.4 Å². The van der Waals surface area contributed by atoms with Gasteiger partial charge in [0, 0.05) is 12.0 Å². The van der Waals surface area contributed by atoms with E-state index in [0.717, 1.165) is 16.3 Å². The van der Waals surface area contributed by atoms with E-state index in [1.165, 1.54) is 0 Å². The first kappa shape index (κ1) is 13.3. The van der Waals surface area contributed by atoms with Gasteiger partial charge in [0.05, 0.1) is 12.6 Å². The topological polar surface area (TPSA) is 51.0 Å². The Morgan fingerprint density at radius 3 is 2.77 bits per heavy atom. The summed E-state index contributed by atoms with van der Waals surface area (Å²) in [5.41, 5.74) is 0.831. The summed E-state index contributed by atoms with van der Waals surface area (Å²) in [4.78, 5) is 4.30. The summed E-state index contributed by atoms with van der Waals surface area (Å²) < 4.78 is 31.7. The fraction of sp³-hybridized carbons (Fsp3) is 0.250. The first-order valence-corrected chi connectivity index (χ1v) is 7.05. The second-order valence-corrected chi connectivity index (χ2v) is 5.48. The second kappa shape index (κ2) is 4.84. The minimum Gasteiger partial charge on any atom is -0.337 e. The zero-order valence-electron chi connectivity index (χ0n) is 11.6. The number of fused-ring (bicyclic) bond motifs is 1. The fourth-order valence-corrected chi connectivity index (χ4v) is 2.80. The Bertz CT molecular complexity index is 826. The van der Waals surface area contributed by atoms with E-state index < -0.39 is 12.0 Å². The van der Waals surface area contributed by atoms with Crippen LogP contribution in [0.15, 0.2) is 47.0 Å². The van der Waals surface area contributed by atoms with Crippen LogP contribution >= 0.6 is 0 Å². The number of alkyl halides is 2. The van der Waals surface area contributed by atoms with Crippen LogP contribution in [0.4, 0.5) is 8.78 Å². The van der Waals surface area contributed by atoms with Crippen LogP contribution < -0.4 is 5.32 Å². The van der Waals surface area contributed by atoms with E-state index in [4.69, 9.17) is 4.52 Å². The van der Waals surface area contributed by atoms with Gasteiger partial charge < -0.3 is 4.52 Å². The van der Waals surface area contributed by atoms with Crippen molar-refractivity contribution in [3.8, 4) is 11.4 Å². The van der Waals surface area contributed by atoms with Gasteiger partial charge in [-0.1, -0.05) is 47.6 Å². The van der Waals surface area contributed by atoms with Crippen LogP contribution in [0.5, 0.6) is 0 Å². The van der Waals surface area contributed by atoms with Crippen LogP contribution in [-0.4, -0.2) is 22.6 Å². The Balaban J connectivity index is 1.72. The molecule has 3 aromatic rings. The highest BCUT2D eigenvalue weighted by molar-refractivity contribution is 5.94. The molecule has 1 aliphatic rings. The summed E-state index contributed by atoms with van der Waals surface area (Å²) in [6, 6.07) is 13.1. The zero-order valence-corrected chi connectivity index (χ0v) is 11.6. The van der Waals surface area contributed by atoms with E-state index in [-0.39, 0.29) is 18.9 Å². The molecule has 1 saturated heterocycles. The Morgan fingerprint density at radius 1 is 1.14 bits per heavy atom. The summed E-state index contributed by atoms with van der Waals surface area (Å²) in [6.45, 7) is -0.357. The van der Waals surface area contributed by atoms with E-state index in [1.807, 2.05) is 42.5 Å². The smallest absolute Gasteiger partial charge is 0.262 e. The number of nitrogens with one attached hydrogen (secondary N) is 1. The largest absolute Gasteiger partial charge is 0.337 e. The van der Waals surface area contributed by atoms with E-state index in [1.54, 1.807) is 0 Å². The molecule has 0 bridgehead atoms. The van der Waals surface area contributed by atoms with Crippen molar-refractivity contribution in [1.82, 2.24) is 15.5 Å². The molecule has 4 rings (SSSR count). The normalized spacial score (nSPS) is 20.5. The van der Waals surface area contributed by atoms with Gasteiger partial charge in [-0.2, -0.15) is 4.98 Å². The monoisotopic (exact) mass is 301 g/mol. The van der Waals surface area contributed by atoms with Crippen molar-refractivity contribution in [3.05, 3.63) is 48.4 Å². The predicted molar refractivity (Wildman–Crippen MR) is 77.5 cm³/mol. The van der Waals surface area contributed by atoms with Gasteiger partial charge in [0.1, 0.15) is 0 Å². The number of aromatic nitrogens is 2. The van der Waals surface area contributed by atoms with Gasteiger partial charge in [0.2, 0.25) is 11.7 Å². The quantitative estimate of drug-likeness (QED) is 0.786. The predicted octanol–water partition coefficient (Wildman–Crippen LogP) is 3.56. The average Bonchev–Trinajstić information content (AvgIpc) is 3.13. The van der Waals surface area contributed by atoms with Crippen LogP contribution in [0.2, 0.25) is 0 Å². The molecule has 0 radical (unpaired) electrons. The molecule has 1 N–H and O–H groups in total. The molecular formula is C16H13F2N3O. The molecule has 0 aliphatic carbocycles. The highest BCUT2D eigenvalue weighted by atomic mass is 19.3. The third-order valence-corrected chi connectivity index (χ3v) is 3.88. The number of hydrogen-bond donors (Lipinski definition) is 1. The molecule has 1 aromatic heterocycles. The molecule has 0 spiro atoms. The number of nitrogens with zero attached hydrogens (tertiary/aromatic N) is 2. The summed E-state index contributed by atoms with van der Waals surface area (Å²) in [5.74, 6) is -2.09. The van der Waals surface area contributed by atoms with Gasteiger partial charge in [-0.3, -0.25) is 5.32 Å². The Hall–Kier alpha value is -2.34. The number of hydrogen-bond acceptors (Lipinski definition) is 4. The van der Waals surface area contributed by atoms with E-state index >= 15 is 0 Å². The van der Waals surface area contributed by atoms with Crippen LogP contribution in [0, 0.1) is 0 Å². The van der Waals surface area contributed by atoms with Gasteiger partial charge in [-0.05, 0) is 10.8 Å². The van der Waals surface area contributed by atoms with Crippen molar-refractivity contribution in [1.29, 1.82) is 0 Å². The van der Waals surface area contributed by atoms with Crippen LogP contribution in [0.3, 0.4) is 0 Å². The maximum atomic E-state index is 13.3. The summed E-state index contributed by atoms with van der Waals surface area (Å²) in [7, 11) is 0. The molecule has 2 heterocycles. The fourth-order valence-electron chi connectivity index (χ4n) is 2.80. The maximum Gasteiger partial charge on any atom is 0.262 e. The van der Waals surface area contributed by atoms with Crippen molar-refractivity contribution in [3.63, 3.8) is 0 Å². The number of benzene rings is 2. The molecule has 4 nitrogen and oxygen atoms in total. The first-order valence-electron chi connectivity index (χ1n) is 7.05. The molecule has 1 aliphatic heterocycles. The van der Waals surface area contributed by atoms with Gasteiger partial charge >= 0.3 is 0 Å². The van der Waals surface area contributed by atoms with Crippen molar-refractivity contribution >= 4 is 10.8 Å². The van der Waals surface area contributed by atoms with E-state index in [0.29, 0.717) is 5.82 Å². The highest BCUT2D eigenvalue weighted by Crippen LogP contribution is 2.34. The van der Waals surface area contributed by atoms with Gasteiger partial charge in [0.15, 0.2) is 0 Å². The molecule has 0 saturated carbocycles. The Labute approximate surface area is 125 Å². The van der Waals surface area contributed by atoms with Crippen molar-refractivity contribution in [2.75, 3.05) is 6.54 Å². The maximum absolute atomic E-state index is 13.3. The Kier molecular flexibility index (Phi) is 2.94. The lowest BCUT2D eigenvalue weighted by Gasteiger charge is -2.04. The third-order valence-electron chi connectivity index (χ3n) is 3.88. The highest BCUT2D eigenvalue weighted by Gasteiger charge is 2.42. The molecule has 112 valence electrons. The molecule has 1 fully saturated rings. The average molecular weight is 301 g/mol. The lowest BCUT2D eigenvalue weighted by molar-refractivity contribution is 0.0200. The zero-order chi connectivity index (χ0) is 15.2. The molecular weight excluding hydrogens is 288 g/mol. The molecule has 0 amide bonds. The summed E-state index contributed by atoms with van der Waals surface area (Å²) in [5, 5.41) is 8.75. The van der Waals surface area contributed by atoms with Gasteiger partial charge in [0.25, 0.3) is 5.92 Å². The molecule has 6 heteroatoms. The standard InChI is InChI=1S/C16H13F2N3O/c17-16(18)8-13(19-9-16)15-20-14(21-22-15)12-7-3-5-10-4-1-2-6-11(10)12/h1-7,13,19H,8-9H2. The first-order chi connectivity index (χ1) is 10.6. The summed E-state index contributed by atoms with van der Waals surface area (Å²) in [6.07, 6.45) is -0.315. The molecule has 22 heavy (non-hydrogen) atoms. The minimum absolute atomic E-state index is 0.208. The lowest BCUT2D eigenvalue weighted by atomic mass is 10.0. The molecule has 2 aromatic carbocycles. The Morgan fingerprint density at radius 2 is 1.95 bits per heavy atom. The van der Waals surface area contributed by atoms with Crippen LogP contribution in [0.25, 0.3) is 22.2 Å². The third kappa shape index (κ3) is 2.25. The van der Waals surface area contributed by atoms with Gasteiger partial charge in [-0.25, -0.2) is 8.78 Å². The SMILES string of the molecule is FC1(F)CNC(c2nc(-c3cccc4ccccc34)no2)C1. The minimum atomic E-state index is -2.72. The number of rotatable bonds is 2. The lowest BCUT2D eigenvalue weighted by Crippen LogP contribution is -2.19. The number of halogens is 2.